The molecule has 0 aromatic heterocycles. The van der Waals surface area contributed by atoms with Crippen LogP contribution in [0, 0.1) is 40.4 Å². The number of hydrogen-bond acceptors (Lipinski definition) is 9. The van der Waals surface area contributed by atoms with Gasteiger partial charge in [-0.1, -0.05) is 25.1 Å². The molecule has 1 aromatic carbocycles. The summed E-state index contributed by atoms with van der Waals surface area (Å²) in [7, 11) is 7.20. The van der Waals surface area contributed by atoms with Crippen molar-refractivity contribution in [3.05, 3.63) is 35.9 Å². The Morgan fingerprint density at radius 3 is 2.40 bits per heavy atom. The molecular weight excluding hydrogens is 550 g/mol. The average molecular weight is 598 g/mol. The molecule has 1 aliphatic heterocycles. The van der Waals surface area contributed by atoms with Gasteiger partial charge in [-0.25, -0.2) is 4.79 Å². The van der Waals surface area contributed by atoms with Gasteiger partial charge >= 0.3 is 11.9 Å². The molecule has 7 rings (SSSR count). The summed E-state index contributed by atoms with van der Waals surface area (Å²) >= 11 is 0. The molecule has 1 aromatic rings. The summed E-state index contributed by atoms with van der Waals surface area (Å²) in [5.74, 6) is -0.797. The van der Waals surface area contributed by atoms with E-state index in [1.807, 2.05) is 32.4 Å². The first kappa shape index (κ1) is 29.7. The Morgan fingerprint density at radius 2 is 1.77 bits per heavy atom. The molecule has 9 heteroatoms. The number of piperidine rings is 1. The summed E-state index contributed by atoms with van der Waals surface area (Å²) in [6.07, 6.45) is 2.42. The maximum atomic E-state index is 13.7. The molecule has 6 aliphatic rings. The number of fused-ring (bicyclic) bond motifs is 2. The number of ether oxygens (including phenoxy) is 6. The Hall–Kier alpha value is -2.04. The molecule has 1 saturated heterocycles. The van der Waals surface area contributed by atoms with Gasteiger partial charge in [0.2, 0.25) is 0 Å². The van der Waals surface area contributed by atoms with Crippen molar-refractivity contribution in [1.29, 1.82) is 0 Å². The predicted molar refractivity (Wildman–Crippen MR) is 156 cm³/mol. The normalized spacial score (nSPS) is 47.3. The van der Waals surface area contributed by atoms with Gasteiger partial charge in [0, 0.05) is 88.9 Å². The standard InChI is InChI=1S/C34H47NO8/c1-7-35-17-32(18-38-3)14-13-24(40-5)34-22-15-21-23(39-4)16-33(43-19(2)36,26(30(34)35)28(41-6)29(32)34)25(22)27(21)42-31(37)20-11-9-8-10-12-20/h8-12,21-30H,7,13-18H2,1-6H3/t21?,22?,23-,24?,25?,26?,27?,28?,29?,30?,32-,33+,34?/m0/s1. The molecule has 5 saturated carbocycles. The molecule has 236 valence electrons. The lowest BCUT2D eigenvalue weighted by Crippen LogP contribution is -2.77. The van der Waals surface area contributed by atoms with E-state index in [4.69, 9.17) is 28.4 Å². The van der Waals surface area contributed by atoms with Crippen LogP contribution in [0.25, 0.3) is 0 Å². The number of benzene rings is 1. The van der Waals surface area contributed by atoms with E-state index in [-0.39, 0.29) is 76.7 Å². The highest BCUT2D eigenvalue weighted by Crippen LogP contribution is 2.80. The lowest BCUT2D eigenvalue weighted by atomic mass is 9.43. The second-order valence-electron chi connectivity index (χ2n) is 14.1. The van der Waals surface area contributed by atoms with E-state index in [2.05, 4.69) is 11.8 Å². The highest BCUT2D eigenvalue weighted by Gasteiger charge is 2.88. The summed E-state index contributed by atoms with van der Waals surface area (Å²) in [4.78, 5) is 29.5. The molecule has 0 radical (unpaired) electrons. The fraction of sp³-hybridized carbons (Fsp3) is 0.765. The molecule has 5 aliphatic carbocycles. The van der Waals surface area contributed by atoms with Gasteiger partial charge in [-0.2, -0.15) is 0 Å². The zero-order chi connectivity index (χ0) is 30.3. The molecule has 1 heterocycles. The lowest BCUT2D eigenvalue weighted by Gasteiger charge is -2.69. The smallest absolute Gasteiger partial charge is 0.338 e. The molecule has 0 amide bonds. The monoisotopic (exact) mass is 597 g/mol. The highest BCUT2D eigenvalue weighted by molar-refractivity contribution is 5.89. The lowest BCUT2D eigenvalue weighted by molar-refractivity contribution is -0.280. The van der Waals surface area contributed by atoms with Crippen molar-refractivity contribution in [2.24, 2.45) is 40.4 Å². The third-order valence-electron chi connectivity index (χ3n) is 12.9. The molecule has 9 nitrogen and oxygen atoms in total. The molecule has 0 N–H and O–H groups in total. The van der Waals surface area contributed by atoms with Crippen molar-refractivity contribution in [2.75, 3.05) is 48.1 Å². The topological polar surface area (TPSA) is 92.8 Å². The summed E-state index contributed by atoms with van der Waals surface area (Å²) in [5, 5.41) is 0. The minimum absolute atomic E-state index is 0.00405. The first-order chi connectivity index (χ1) is 20.8. The van der Waals surface area contributed by atoms with Crippen LogP contribution in [0.4, 0.5) is 0 Å². The van der Waals surface area contributed by atoms with Gasteiger partial charge in [-0.05, 0) is 43.9 Å². The number of likely N-dealkylation sites (tertiary alicyclic amines) is 1. The average Bonchev–Trinajstić information content (AvgIpc) is 3.43. The molecule has 13 atom stereocenters. The summed E-state index contributed by atoms with van der Waals surface area (Å²) in [5.41, 5.74) is -0.816. The van der Waals surface area contributed by atoms with E-state index in [9.17, 15) is 9.59 Å². The van der Waals surface area contributed by atoms with Crippen molar-refractivity contribution in [1.82, 2.24) is 4.90 Å². The SMILES string of the molecule is CCN1C[C@]2(COC)CCC(OC)C34C5CC6C(OC(=O)c7ccccc7)C5[C@](OC(C)=O)(C[C@@H]6OC)C(C(OC)C32)C14. The zero-order valence-electron chi connectivity index (χ0n) is 26.3. The molecule has 7 bridgehead atoms. The number of methoxy groups -OCH3 is 4. The van der Waals surface area contributed by atoms with Crippen LogP contribution in [0.2, 0.25) is 0 Å². The molecular formula is C34H47NO8. The maximum absolute atomic E-state index is 13.7. The first-order valence-electron chi connectivity index (χ1n) is 16.0. The summed E-state index contributed by atoms with van der Waals surface area (Å²) < 4.78 is 38.7. The minimum atomic E-state index is -0.922. The summed E-state index contributed by atoms with van der Waals surface area (Å²) in [6.45, 7) is 6.16. The van der Waals surface area contributed by atoms with Gasteiger partial charge in [0.25, 0.3) is 0 Å². The van der Waals surface area contributed by atoms with Crippen LogP contribution < -0.4 is 0 Å². The maximum Gasteiger partial charge on any atom is 0.338 e. The van der Waals surface area contributed by atoms with Crippen molar-refractivity contribution in [2.45, 2.75) is 75.6 Å². The zero-order valence-corrected chi connectivity index (χ0v) is 26.3. The fourth-order valence-corrected chi connectivity index (χ4v) is 12.3. The second kappa shape index (κ2) is 10.5. The Morgan fingerprint density at radius 1 is 1.00 bits per heavy atom. The van der Waals surface area contributed by atoms with Gasteiger partial charge in [-0.3, -0.25) is 9.69 Å². The first-order valence-corrected chi connectivity index (χ1v) is 16.0. The number of rotatable bonds is 9. The van der Waals surface area contributed by atoms with Crippen molar-refractivity contribution in [3.63, 3.8) is 0 Å². The van der Waals surface area contributed by atoms with E-state index < -0.39 is 11.7 Å². The van der Waals surface area contributed by atoms with Crippen LogP contribution in [0.1, 0.15) is 49.9 Å². The van der Waals surface area contributed by atoms with Crippen LogP contribution in [-0.2, 0) is 33.2 Å². The number of carbonyl (C=O) groups is 2. The Kier molecular flexibility index (Phi) is 7.25. The molecule has 1 spiro atoms. The van der Waals surface area contributed by atoms with E-state index in [1.54, 1.807) is 26.4 Å². The quantitative estimate of drug-likeness (QED) is 0.396. The van der Waals surface area contributed by atoms with E-state index in [0.29, 0.717) is 18.6 Å². The van der Waals surface area contributed by atoms with Gasteiger partial charge in [0.1, 0.15) is 11.7 Å². The van der Waals surface area contributed by atoms with E-state index >= 15 is 0 Å². The van der Waals surface area contributed by atoms with Crippen molar-refractivity contribution in [3.8, 4) is 0 Å². The number of hydrogen-bond donors (Lipinski definition) is 0. The molecule has 43 heavy (non-hydrogen) atoms. The number of carbonyl (C=O) groups excluding carboxylic acids is 2. The summed E-state index contributed by atoms with van der Waals surface area (Å²) in [6, 6.07) is 9.26. The van der Waals surface area contributed by atoms with Crippen LogP contribution in [0.5, 0.6) is 0 Å². The number of nitrogens with zero attached hydrogens (tertiary/aromatic N) is 1. The van der Waals surface area contributed by atoms with E-state index in [1.165, 1.54) is 6.92 Å². The Bertz CT molecular complexity index is 1240. The van der Waals surface area contributed by atoms with Crippen molar-refractivity contribution < 1.29 is 38.0 Å². The van der Waals surface area contributed by atoms with Crippen LogP contribution in [0.3, 0.4) is 0 Å². The van der Waals surface area contributed by atoms with Crippen LogP contribution >= 0.6 is 0 Å². The Labute approximate surface area is 254 Å². The Balaban J connectivity index is 1.46. The third kappa shape index (κ3) is 3.69. The van der Waals surface area contributed by atoms with E-state index in [0.717, 1.165) is 32.4 Å². The highest BCUT2D eigenvalue weighted by atomic mass is 16.6. The molecule has 10 unspecified atom stereocenters. The molecule has 6 fully saturated rings. The predicted octanol–water partition coefficient (Wildman–Crippen LogP) is 3.59. The number of esters is 2. The van der Waals surface area contributed by atoms with Gasteiger partial charge in [-0.15, -0.1) is 0 Å². The second-order valence-corrected chi connectivity index (χ2v) is 14.1. The fourth-order valence-electron chi connectivity index (χ4n) is 12.3. The largest absolute Gasteiger partial charge is 0.458 e. The minimum Gasteiger partial charge on any atom is -0.458 e. The van der Waals surface area contributed by atoms with Crippen molar-refractivity contribution >= 4 is 11.9 Å². The van der Waals surface area contributed by atoms with Gasteiger partial charge in [0.15, 0.2) is 0 Å². The van der Waals surface area contributed by atoms with Gasteiger partial charge in [0.05, 0.1) is 30.5 Å². The van der Waals surface area contributed by atoms with Crippen LogP contribution in [0.15, 0.2) is 30.3 Å². The third-order valence-corrected chi connectivity index (χ3v) is 12.9. The van der Waals surface area contributed by atoms with Gasteiger partial charge < -0.3 is 28.4 Å². The van der Waals surface area contributed by atoms with Crippen LogP contribution in [-0.4, -0.2) is 101 Å².